The number of rotatable bonds is 7. The van der Waals surface area contributed by atoms with Crippen molar-refractivity contribution in [3.8, 4) is 0 Å². The molecule has 0 radical (unpaired) electrons. The van der Waals surface area contributed by atoms with Gasteiger partial charge in [-0.05, 0) is 18.1 Å². The summed E-state index contributed by atoms with van der Waals surface area (Å²) in [6.45, 7) is 0.927. The third-order valence-corrected chi connectivity index (χ3v) is 4.25. The number of hydrogen-bond acceptors (Lipinski definition) is 3. The molecule has 166 valence electrons. The number of ether oxygens (including phenoxy) is 1. The van der Waals surface area contributed by atoms with Gasteiger partial charge < -0.3 is 4.74 Å². The van der Waals surface area contributed by atoms with E-state index in [0.29, 0.717) is 11.1 Å². The minimum Gasteiger partial charge on any atom is -0.460 e. The van der Waals surface area contributed by atoms with Crippen molar-refractivity contribution < 1.29 is 35.9 Å². The zero-order chi connectivity index (χ0) is 21.7. The molecule has 30 heavy (non-hydrogen) atoms. The van der Waals surface area contributed by atoms with Gasteiger partial charge in [0.2, 0.25) is 0 Å². The third kappa shape index (κ3) is 7.21. The molecule has 2 atom stereocenters. The molecule has 0 amide bonds. The molecule has 0 heterocycles. The number of hydrogen-bond donors (Lipinski definition) is 1. The fourth-order valence-electron chi connectivity index (χ4n) is 2.79. The van der Waals surface area contributed by atoms with Gasteiger partial charge in [-0.2, -0.15) is 26.3 Å². The summed E-state index contributed by atoms with van der Waals surface area (Å²) in [6, 6.07) is 12.2. The minimum absolute atomic E-state index is 0. The summed E-state index contributed by atoms with van der Waals surface area (Å²) >= 11 is 0. The SMILES string of the molecule is C[C@H](N[C@@H](C(=O)OCc1ccccc1)C(C(F)(F)F)C(F)(F)F)c1ccccc1.Cl. The quantitative estimate of drug-likeness (QED) is 0.435. The molecule has 0 saturated heterocycles. The molecule has 0 aliphatic heterocycles. The second-order valence-corrected chi connectivity index (χ2v) is 6.43. The first kappa shape index (κ1) is 25.8. The molecule has 2 rings (SSSR count). The Morgan fingerprint density at radius 1 is 0.900 bits per heavy atom. The molecule has 10 heteroatoms. The van der Waals surface area contributed by atoms with Crippen LogP contribution in [0.25, 0.3) is 0 Å². The van der Waals surface area contributed by atoms with Crippen LogP contribution in [0.4, 0.5) is 26.3 Å². The second kappa shape index (κ2) is 10.7. The lowest BCUT2D eigenvalue weighted by Gasteiger charge is -2.32. The van der Waals surface area contributed by atoms with Crippen LogP contribution in [0.5, 0.6) is 0 Å². The Balaban J connectivity index is 0.00000450. The fraction of sp³-hybridized carbons (Fsp3) is 0.350. The van der Waals surface area contributed by atoms with Gasteiger partial charge in [0.25, 0.3) is 0 Å². The van der Waals surface area contributed by atoms with Crippen molar-refractivity contribution >= 4 is 18.4 Å². The smallest absolute Gasteiger partial charge is 0.402 e. The van der Waals surface area contributed by atoms with Crippen molar-refractivity contribution in [2.24, 2.45) is 5.92 Å². The Morgan fingerprint density at radius 2 is 1.37 bits per heavy atom. The predicted octanol–water partition coefficient (Wildman–Crippen LogP) is 5.61. The highest BCUT2D eigenvalue weighted by atomic mass is 35.5. The van der Waals surface area contributed by atoms with Crippen LogP contribution >= 0.6 is 12.4 Å². The van der Waals surface area contributed by atoms with Crippen LogP contribution in [-0.4, -0.2) is 24.4 Å². The van der Waals surface area contributed by atoms with E-state index < -0.39 is 42.9 Å². The van der Waals surface area contributed by atoms with Crippen LogP contribution in [0.3, 0.4) is 0 Å². The predicted molar refractivity (Wildman–Crippen MR) is 101 cm³/mol. The van der Waals surface area contributed by atoms with E-state index in [4.69, 9.17) is 4.74 Å². The lowest BCUT2D eigenvalue weighted by atomic mass is 9.96. The van der Waals surface area contributed by atoms with Crippen molar-refractivity contribution in [2.75, 3.05) is 0 Å². The highest BCUT2D eigenvalue weighted by Gasteiger charge is 2.62. The Bertz CT molecular complexity index is 769. The summed E-state index contributed by atoms with van der Waals surface area (Å²) in [5.74, 6) is -5.54. The van der Waals surface area contributed by atoms with Crippen molar-refractivity contribution in [2.45, 2.75) is 38.0 Å². The Kier molecular flexibility index (Phi) is 9.17. The van der Waals surface area contributed by atoms with Crippen molar-refractivity contribution in [1.82, 2.24) is 5.32 Å². The van der Waals surface area contributed by atoms with Crippen LogP contribution in [0.1, 0.15) is 24.1 Å². The van der Waals surface area contributed by atoms with E-state index in [1.54, 1.807) is 36.4 Å². The molecule has 1 N–H and O–H groups in total. The lowest BCUT2D eigenvalue weighted by Crippen LogP contribution is -2.55. The van der Waals surface area contributed by atoms with E-state index in [2.05, 4.69) is 5.32 Å². The first-order valence-electron chi connectivity index (χ1n) is 8.65. The molecular formula is C20H20ClF6NO2. The molecule has 0 aliphatic rings. The second-order valence-electron chi connectivity index (χ2n) is 6.43. The zero-order valence-electron chi connectivity index (χ0n) is 15.7. The Morgan fingerprint density at radius 3 is 1.83 bits per heavy atom. The number of alkyl halides is 6. The molecule has 3 nitrogen and oxygen atoms in total. The first-order chi connectivity index (χ1) is 13.5. The largest absolute Gasteiger partial charge is 0.460 e. The molecule has 0 aromatic heterocycles. The number of halogens is 7. The lowest BCUT2D eigenvalue weighted by molar-refractivity contribution is -0.292. The van der Waals surface area contributed by atoms with Crippen molar-refractivity contribution in [1.29, 1.82) is 0 Å². The molecular weight excluding hydrogens is 436 g/mol. The molecule has 2 aromatic rings. The molecule has 0 spiro atoms. The summed E-state index contributed by atoms with van der Waals surface area (Å²) in [6.07, 6.45) is -11.4. The average molecular weight is 456 g/mol. The third-order valence-electron chi connectivity index (χ3n) is 4.25. The maximum Gasteiger partial charge on any atom is 0.402 e. The maximum absolute atomic E-state index is 13.3. The molecule has 2 aromatic carbocycles. The van der Waals surface area contributed by atoms with E-state index in [-0.39, 0.29) is 12.4 Å². The normalized spacial score (nSPS) is 14.0. The van der Waals surface area contributed by atoms with Gasteiger partial charge in [-0.3, -0.25) is 10.1 Å². The summed E-state index contributed by atoms with van der Waals surface area (Å²) in [5.41, 5.74) is 0.864. The van der Waals surface area contributed by atoms with Gasteiger partial charge in [0, 0.05) is 6.04 Å². The van der Waals surface area contributed by atoms with Crippen molar-refractivity contribution in [3.05, 3.63) is 71.8 Å². The highest BCUT2D eigenvalue weighted by Crippen LogP contribution is 2.42. The molecule has 0 saturated carbocycles. The summed E-state index contributed by atoms with van der Waals surface area (Å²) < 4.78 is 84.4. The van der Waals surface area contributed by atoms with Gasteiger partial charge in [-0.1, -0.05) is 60.7 Å². The summed E-state index contributed by atoms with van der Waals surface area (Å²) in [5, 5.41) is 2.17. The number of esters is 1. The van der Waals surface area contributed by atoms with E-state index in [1.165, 1.54) is 31.2 Å². The number of carbonyl (C=O) groups excluding carboxylic acids is 1. The van der Waals surface area contributed by atoms with E-state index in [0.717, 1.165) is 0 Å². The summed E-state index contributed by atoms with van der Waals surface area (Å²) in [7, 11) is 0. The number of carbonyl (C=O) groups is 1. The van der Waals surface area contributed by atoms with E-state index in [1.807, 2.05) is 0 Å². The molecule has 0 unspecified atom stereocenters. The number of nitrogens with one attached hydrogen (secondary N) is 1. The molecule has 0 fully saturated rings. The maximum atomic E-state index is 13.3. The Labute approximate surface area is 175 Å². The monoisotopic (exact) mass is 455 g/mol. The zero-order valence-corrected chi connectivity index (χ0v) is 16.5. The standard InChI is InChI=1S/C20H19F6NO2.ClH/c1-13(15-10-6-3-7-11-15)27-16(17(19(21,22)23)20(24,25)26)18(28)29-12-14-8-4-2-5-9-14;/h2-11,13,16-17,27H,12H2,1H3;1H/t13-,16+;/m0./s1. The van der Waals surface area contributed by atoms with E-state index >= 15 is 0 Å². The average Bonchev–Trinajstić information content (AvgIpc) is 2.65. The highest BCUT2D eigenvalue weighted by molar-refractivity contribution is 5.85. The number of benzene rings is 2. The van der Waals surface area contributed by atoms with Gasteiger partial charge >= 0.3 is 18.3 Å². The van der Waals surface area contributed by atoms with Crippen LogP contribution in [0, 0.1) is 5.92 Å². The molecule has 0 aliphatic carbocycles. The van der Waals surface area contributed by atoms with Gasteiger partial charge in [0.15, 0.2) is 5.92 Å². The van der Waals surface area contributed by atoms with Crippen LogP contribution in [-0.2, 0) is 16.1 Å². The Hall–Kier alpha value is -2.26. The van der Waals surface area contributed by atoms with Gasteiger partial charge in [0.05, 0.1) is 0 Å². The van der Waals surface area contributed by atoms with Gasteiger partial charge in [-0.15, -0.1) is 12.4 Å². The topological polar surface area (TPSA) is 38.3 Å². The van der Waals surface area contributed by atoms with E-state index in [9.17, 15) is 31.1 Å². The fourth-order valence-corrected chi connectivity index (χ4v) is 2.79. The van der Waals surface area contributed by atoms with Crippen molar-refractivity contribution in [3.63, 3.8) is 0 Å². The van der Waals surface area contributed by atoms with Crippen LogP contribution in [0.15, 0.2) is 60.7 Å². The minimum atomic E-state index is -5.70. The first-order valence-corrected chi connectivity index (χ1v) is 8.65. The van der Waals surface area contributed by atoms with Gasteiger partial charge in [-0.25, -0.2) is 0 Å². The molecule has 0 bridgehead atoms. The van der Waals surface area contributed by atoms with Crippen LogP contribution in [0.2, 0.25) is 0 Å². The van der Waals surface area contributed by atoms with Crippen LogP contribution < -0.4 is 5.32 Å². The van der Waals surface area contributed by atoms with Gasteiger partial charge in [0.1, 0.15) is 12.6 Å². The summed E-state index contributed by atoms with van der Waals surface area (Å²) in [4.78, 5) is 12.3.